The molecule has 2 rings (SSSR count). The summed E-state index contributed by atoms with van der Waals surface area (Å²) in [5.41, 5.74) is 0.956. The van der Waals surface area contributed by atoms with Gasteiger partial charge in [-0.05, 0) is 25.1 Å². The van der Waals surface area contributed by atoms with E-state index in [1.165, 1.54) is 31.6 Å². The maximum Gasteiger partial charge on any atom is 0.387 e. The van der Waals surface area contributed by atoms with Crippen LogP contribution in [0, 0.1) is 6.92 Å². The first-order valence-electron chi connectivity index (χ1n) is 5.99. The quantitative estimate of drug-likeness (QED) is 0.918. The van der Waals surface area contributed by atoms with Gasteiger partial charge in [-0.3, -0.25) is 4.79 Å². The van der Waals surface area contributed by atoms with E-state index < -0.39 is 12.5 Å². The zero-order chi connectivity index (χ0) is 15.4. The molecule has 1 amide bonds. The number of alkyl halides is 2. The van der Waals surface area contributed by atoms with Gasteiger partial charge in [-0.2, -0.15) is 8.78 Å². The SMILES string of the molecule is COc1ccc(NC(=O)c2occc2C)cc1OC(F)F. The number of hydrogen-bond donors (Lipinski definition) is 1. The number of ether oxygens (including phenoxy) is 2. The van der Waals surface area contributed by atoms with Gasteiger partial charge in [-0.25, -0.2) is 0 Å². The molecule has 1 N–H and O–H groups in total. The Labute approximate surface area is 119 Å². The van der Waals surface area contributed by atoms with E-state index in [0.717, 1.165) is 0 Å². The molecule has 7 heteroatoms. The number of methoxy groups -OCH3 is 1. The van der Waals surface area contributed by atoms with Gasteiger partial charge in [0.15, 0.2) is 17.3 Å². The number of benzene rings is 1. The number of anilines is 1. The van der Waals surface area contributed by atoms with Crippen LogP contribution in [0.2, 0.25) is 0 Å². The van der Waals surface area contributed by atoms with Gasteiger partial charge in [-0.15, -0.1) is 0 Å². The Morgan fingerprint density at radius 1 is 1.29 bits per heavy atom. The third-order valence-corrected chi connectivity index (χ3v) is 2.71. The number of carbonyl (C=O) groups excluding carboxylic acids is 1. The second kappa shape index (κ2) is 6.25. The Morgan fingerprint density at radius 2 is 2.05 bits per heavy atom. The molecule has 0 atom stereocenters. The molecule has 0 aliphatic heterocycles. The van der Waals surface area contributed by atoms with E-state index in [1.807, 2.05) is 0 Å². The molecule has 1 heterocycles. The number of hydrogen-bond acceptors (Lipinski definition) is 4. The number of aryl methyl sites for hydroxylation is 1. The van der Waals surface area contributed by atoms with Gasteiger partial charge < -0.3 is 19.2 Å². The number of nitrogens with one attached hydrogen (secondary N) is 1. The van der Waals surface area contributed by atoms with Crippen LogP contribution < -0.4 is 14.8 Å². The Bertz CT molecular complexity index is 640. The summed E-state index contributed by atoms with van der Waals surface area (Å²) in [7, 11) is 1.33. The van der Waals surface area contributed by atoms with Crippen molar-refractivity contribution >= 4 is 11.6 Å². The van der Waals surface area contributed by atoms with Crippen molar-refractivity contribution in [3.05, 3.63) is 41.9 Å². The number of halogens is 2. The highest BCUT2D eigenvalue weighted by molar-refractivity contribution is 6.03. The largest absolute Gasteiger partial charge is 0.493 e. The Kier molecular flexibility index (Phi) is 4.42. The summed E-state index contributed by atoms with van der Waals surface area (Å²) >= 11 is 0. The second-order valence-corrected chi connectivity index (χ2v) is 4.13. The van der Waals surface area contributed by atoms with Crippen molar-refractivity contribution in [2.24, 2.45) is 0 Å². The summed E-state index contributed by atoms with van der Waals surface area (Å²) in [5.74, 6) is -0.350. The molecule has 1 aromatic carbocycles. The first-order valence-corrected chi connectivity index (χ1v) is 5.99. The number of rotatable bonds is 5. The fraction of sp³-hybridized carbons (Fsp3) is 0.214. The molecule has 2 aromatic rings. The van der Waals surface area contributed by atoms with Gasteiger partial charge in [-0.1, -0.05) is 0 Å². The van der Waals surface area contributed by atoms with Crippen molar-refractivity contribution in [2.45, 2.75) is 13.5 Å². The van der Waals surface area contributed by atoms with Crippen LogP contribution >= 0.6 is 0 Å². The van der Waals surface area contributed by atoms with Gasteiger partial charge in [0.1, 0.15) is 0 Å². The third kappa shape index (κ3) is 3.50. The van der Waals surface area contributed by atoms with Gasteiger partial charge in [0.05, 0.1) is 13.4 Å². The zero-order valence-electron chi connectivity index (χ0n) is 11.4. The van der Waals surface area contributed by atoms with Crippen molar-refractivity contribution in [3.63, 3.8) is 0 Å². The Balaban J connectivity index is 2.20. The third-order valence-electron chi connectivity index (χ3n) is 2.71. The van der Waals surface area contributed by atoms with Crippen molar-refractivity contribution < 1.29 is 27.5 Å². The molecule has 0 aliphatic carbocycles. The van der Waals surface area contributed by atoms with Crippen molar-refractivity contribution in [1.82, 2.24) is 0 Å². The van der Waals surface area contributed by atoms with Gasteiger partial charge in [0.2, 0.25) is 0 Å². The van der Waals surface area contributed by atoms with E-state index in [-0.39, 0.29) is 22.9 Å². The first-order chi connectivity index (χ1) is 10.0. The van der Waals surface area contributed by atoms with Gasteiger partial charge in [0.25, 0.3) is 5.91 Å². The van der Waals surface area contributed by atoms with E-state index in [4.69, 9.17) is 9.15 Å². The smallest absolute Gasteiger partial charge is 0.387 e. The van der Waals surface area contributed by atoms with Gasteiger partial charge in [0, 0.05) is 17.3 Å². The average molecular weight is 297 g/mol. The lowest BCUT2D eigenvalue weighted by Crippen LogP contribution is -2.12. The maximum atomic E-state index is 12.3. The minimum absolute atomic E-state index is 0.141. The number of amides is 1. The first kappa shape index (κ1) is 14.8. The second-order valence-electron chi connectivity index (χ2n) is 4.13. The van der Waals surface area contributed by atoms with Crippen LogP contribution in [0.25, 0.3) is 0 Å². The molecule has 0 saturated heterocycles. The maximum absolute atomic E-state index is 12.3. The molecule has 1 aromatic heterocycles. The minimum atomic E-state index is -2.99. The molecular formula is C14H13F2NO4. The van der Waals surface area contributed by atoms with Crippen LogP contribution in [-0.4, -0.2) is 19.6 Å². The lowest BCUT2D eigenvalue weighted by Gasteiger charge is -2.12. The molecule has 0 bridgehead atoms. The summed E-state index contributed by atoms with van der Waals surface area (Å²) in [6.07, 6.45) is 1.39. The average Bonchev–Trinajstić information content (AvgIpc) is 2.85. The summed E-state index contributed by atoms with van der Waals surface area (Å²) in [4.78, 5) is 12.0. The van der Waals surface area contributed by atoms with Crippen LogP contribution in [0.4, 0.5) is 14.5 Å². The molecule has 0 spiro atoms. The van der Waals surface area contributed by atoms with Crippen LogP contribution in [-0.2, 0) is 0 Å². The van der Waals surface area contributed by atoms with Crippen molar-refractivity contribution in [1.29, 1.82) is 0 Å². The fourth-order valence-electron chi connectivity index (χ4n) is 1.74. The number of carbonyl (C=O) groups is 1. The highest BCUT2D eigenvalue weighted by Crippen LogP contribution is 2.31. The molecular weight excluding hydrogens is 284 g/mol. The standard InChI is InChI=1S/C14H13F2NO4/c1-8-5-6-20-12(8)13(18)17-9-3-4-10(19-2)11(7-9)21-14(15)16/h3-7,14H,1-2H3,(H,17,18). The van der Waals surface area contributed by atoms with Crippen LogP contribution in [0.5, 0.6) is 11.5 Å². The van der Waals surface area contributed by atoms with Crippen LogP contribution in [0.15, 0.2) is 34.9 Å². The normalized spacial score (nSPS) is 10.5. The van der Waals surface area contributed by atoms with Gasteiger partial charge >= 0.3 is 6.61 Å². The predicted octanol–water partition coefficient (Wildman–Crippen LogP) is 3.45. The Hall–Kier alpha value is -2.57. The monoisotopic (exact) mass is 297 g/mol. The zero-order valence-corrected chi connectivity index (χ0v) is 11.4. The molecule has 21 heavy (non-hydrogen) atoms. The fourth-order valence-corrected chi connectivity index (χ4v) is 1.74. The minimum Gasteiger partial charge on any atom is -0.493 e. The molecule has 5 nitrogen and oxygen atoms in total. The molecule has 0 radical (unpaired) electrons. The molecule has 0 unspecified atom stereocenters. The van der Waals surface area contributed by atoms with E-state index in [0.29, 0.717) is 5.56 Å². The van der Waals surface area contributed by atoms with E-state index in [9.17, 15) is 13.6 Å². The lowest BCUT2D eigenvalue weighted by molar-refractivity contribution is -0.0511. The summed E-state index contributed by atoms with van der Waals surface area (Å²) in [6.45, 7) is -1.27. The Morgan fingerprint density at radius 3 is 2.62 bits per heavy atom. The van der Waals surface area contributed by atoms with E-state index in [2.05, 4.69) is 10.1 Å². The van der Waals surface area contributed by atoms with Crippen molar-refractivity contribution in [3.8, 4) is 11.5 Å². The van der Waals surface area contributed by atoms with Crippen LogP contribution in [0.1, 0.15) is 16.1 Å². The lowest BCUT2D eigenvalue weighted by atomic mass is 10.2. The molecule has 112 valence electrons. The van der Waals surface area contributed by atoms with E-state index in [1.54, 1.807) is 13.0 Å². The summed E-state index contributed by atoms with van der Waals surface area (Å²) in [5, 5.41) is 2.54. The highest BCUT2D eigenvalue weighted by atomic mass is 19.3. The summed E-state index contributed by atoms with van der Waals surface area (Å²) < 4.78 is 39.0. The van der Waals surface area contributed by atoms with Crippen LogP contribution in [0.3, 0.4) is 0 Å². The molecule has 0 aliphatic rings. The summed E-state index contributed by atoms with van der Waals surface area (Å²) in [6, 6.07) is 5.82. The predicted molar refractivity (Wildman–Crippen MR) is 71.0 cm³/mol. The van der Waals surface area contributed by atoms with E-state index >= 15 is 0 Å². The molecule has 0 saturated carbocycles. The molecule has 0 fully saturated rings. The number of furan rings is 1. The topological polar surface area (TPSA) is 60.7 Å². The van der Waals surface area contributed by atoms with Crippen molar-refractivity contribution in [2.75, 3.05) is 12.4 Å². The highest BCUT2D eigenvalue weighted by Gasteiger charge is 2.15.